The maximum absolute atomic E-state index is 5.83. The third-order valence-electron chi connectivity index (χ3n) is 2.23. The topological polar surface area (TPSA) is 37.8 Å². The van der Waals surface area contributed by atoms with E-state index in [2.05, 4.69) is 22.1 Å². The Bertz CT molecular complexity index is 491. The zero-order valence-corrected chi connectivity index (χ0v) is 9.98. The van der Waals surface area contributed by atoms with E-state index in [4.69, 9.17) is 11.6 Å². The molecule has 2 aromatic rings. The molecule has 1 N–H and O–H groups in total. The van der Waals surface area contributed by atoms with Gasteiger partial charge in [0.15, 0.2) is 0 Å². The molecule has 0 amide bonds. The molecule has 0 radical (unpaired) electrons. The summed E-state index contributed by atoms with van der Waals surface area (Å²) >= 11 is 5.83. The van der Waals surface area contributed by atoms with Crippen LogP contribution in [0.15, 0.2) is 49.1 Å². The number of rotatable bonds is 4. The molecule has 0 bridgehead atoms. The molecule has 0 spiro atoms. The molecule has 0 saturated carbocycles. The van der Waals surface area contributed by atoms with E-state index in [1.54, 1.807) is 6.08 Å². The van der Waals surface area contributed by atoms with Gasteiger partial charge in [0.2, 0.25) is 0 Å². The second-order valence-electron chi connectivity index (χ2n) is 3.48. The van der Waals surface area contributed by atoms with Crippen LogP contribution in [-0.4, -0.2) is 16.7 Å². The van der Waals surface area contributed by atoms with E-state index in [1.165, 1.54) is 0 Å². The smallest absolute Gasteiger partial charge is 0.148 e. The summed E-state index contributed by atoms with van der Waals surface area (Å²) in [6, 6.07) is 11.3. The Hall–Kier alpha value is -1.87. The standard InChI is InChI=1S/C13H12ClN3/c1-2-9-15-13-8-7-12(16-17-13)10-3-5-11(14)6-4-10/h2-8H,1,9H2,(H,15,17). The minimum absolute atomic E-state index is 0.676. The van der Waals surface area contributed by atoms with Crippen LogP contribution in [0.1, 0.15) is 0 Å². The fraction of sp³-hybridized carbons (Fsp3) is 0.0769. The molecule has 0 aliphatic carbocycles. The van der Waals surface area contributed by atoms with Crippen molar-refractivity contribution >= 4 is 17.4 Å². The first-order chi connectivity index (χ1) is 8.29. The number of hydrogen-bond donors (Lipinski definition) is 1. The fourth-order valence-corrected chi connectivity index (χ4v) is 1.50. The third kappa shape index (κ3) is 3.04. The van der Waals surface area contributed by atoms with Gasteiger partial charge in [-0.25, -0.2) is 0 Å². The summed E-state index contributed by atoms with van der Waals surface area (Å²) in [5.41, 5.74) is 1.82. The van der Waals surface area contributed by atoms with Crippen LogP contribution in [-0.2, 0) is 0 Å². The lowest BCUT2D eigenvalue weighted by Gasteiger charge is -2.03. The molecule has 1 aromatic heterocycles. The van der Waals surface area contributed by atoms with E-state index in [0.717, 1.165) is 17.1 Å². The van der Waals surface area contributed by atoms with E-state index < -0.39 is 0 Å². The highest BCUT2D eigenvalue weighted by molar-refractivity contribution is 6.30. The molecule has 1 heterocycles. The van der Waals surface area contributed by atoms with Gasteiger partial charge < -0.3 is 5.32 Å². The first kappa shape index (κ1) is 11.6. The minimum atomic E-state index is 0.676. The van der Waals surface area contributed by atoms with Gasteiger partial charge in [-0.15, -0.1) is 16.8 Å². The van der Waals surface area contributed by atoms with Crippen LogP contribution in [0, 0.1) is 0 Å². The van der Waals surface area contributed by atoms with E-state index in [0.29, 0.717) is 11.6 Å². The van der Waals surface area contributed by atoms with Crippen molar-refractivity contribution in [2.24, 2.45) is 0 Å². The Kier molecular flexibility index (Phi) is 3.73. The highest BCUT2D eigenvalue weighted by Crippen LogP contribution is 2.19. The summed E-state index contributed by atoms with van der Waals surface area (Å²) in [7, 11) is 0. The first-order valence-electron chi connectivity index (χ1n) is 5.24. The molecule has 86 valence electrons. The van der Waals surface area contributed by atoms with Crippen molar-refractivity contribution in [3.05, 3.63) is 54.1 Å². The SMILES string of the molecule is C=CCNc1ccc(-c2ccc(Cl)cc2)nn1. The van der Waals surface area contributed by atoms with Gasteiger partial charge in [0.05, 0.1) is 5.69 Å². The van der Waals surface area contributed by atoms with Crippen LogP contribution < -0.4 is 5.32 Å². The van der Waals surface area contributed by atoms with Gasteiger partial charge in [-0.2, -0.15) is 0 Å². The normalized spacial score (nSPS) is 9.94. The number of nitrogens with one attached hydrogen (secondary N) is 1. The van der Waals surface area contributed by atoms with Crippen molar-refractivity contribution in [2.75, 3.05) is 11.9 Å². The Morgan fingerprint density at radius 1 is 1.12 bits per heavy atom. The highest BCUT2D eigenvalue weighted by atomic mass is 35.5. The lowest BCUT2D eigenvalue weighted by Crippen LogP contribution is -2.01. The molecule has 3 nitrogen and oxygen atoms in total. The Morgan fingerprint density at radius 3 is 2.47 bits per heavy atom. The summed E-state index contributed by atoms with van der Waals surface area (Å²) in [4.78, 5) is 0. The molecule has 4 heteroatoms. The summed E-state index contributed by atoms with van der Waals surface area (Å²) < 4.78 is 0. The van der Waals surface area contributed by atoms with Crippen molar-refractivity contribution in [3.8, 4) is 11.3 Å². The maximum Gasteiger partial charge on any atom is 0.148 e. The summed E-state index contributed by atoms with van der Waals surface area (Å²) in [6.07, 6.45) is 1.77. The molecule has 0 aliphatic rings. The summed E-state index contributed by atoms with van der Waals surface area (Å²) in [5, 5.41) is 12.0. The van der Waals surface area contributed by atoms with Gasteiger partial charge in [-0.3, -0.25) is 0 Å². The van der Waals surface area contributed by atoms with Crippen LogP contribution in [0.5, 0.6) is 0 Å². The number of anilines is 1. The van der Waals surface area contributed by atoms with Gasteiger partial charge in [-0.1, -0.05) is 29.8 Å². The number of benzene rings is 1. The molecule has 17 heavy (non-hydrogen) atoms. The first-order valence-corrected chi connectivity index (χ1v) is 5.62. The Balaban J connectivity index is 2.17. The molecule has 0 unspecified atom stereocenters. The van der Waals surface area contributed by atoms with Gasteiger partial charge in [-0.05, 0) is 24.3 Å². The summed E-state index contributed by atoms with van der Waals surface area (Å²) in [6.45, 7) is 4.30. The highest BCUT2D eigenvalue weighted by Gasteiger charge is 2.00. The Labute approximate surface area is 105 Å². The van der Waals surface area contributed by atoms with Gasteiger partial charge in [0.1, 0.15) is 5.82 Å². The number of aromatic nitrogens is 2. The average Bonchev–Trinajstić information content (AvgIpc) is 2.38. The van der Waals surface area contributed by atoms with Gasteiger partial charge in [0.25, 0.3) is 0 Å². The number of halogens is 1. The summed E-state index contributed by atoms with van der Waals surface area (Å²) in [5.74, 6) is 0.739. The zero-order valence-electron chi connectivity index (χ0n) is 9.23. The van der Waals surface area contributed by atoms with E-state index in [9.17, 15) is 0 Å². The van der Waals surface area contributed by atoms with Crippen molar-refractivity contribution in [3.63, 3.8) is 0 Å². The number of hydrogen-bond acceptors (Lipinski definition) is 3. The molecule has 0 fully saturated rings. The van der Waals surface area contributed by atoms with Crippen molar-refractivity contribution < 1.29 is 0 Å². The second kappa shape index (κ2) is 5.46. The van der Waals surface area contributed by atoms with Crippen molar-refractivity contribution in [1.82, 2.24) is 10.2 Å². The largest absolute Gasteiger partial charge is 0.365 e. The third-order valence-corrected chi connectivity index (χ3v) is 2.48. The van der Waals surface area contributed by atoms with Crippen LogP contribution >= 0.6 is 11.6 Å². The van der Waals surface area contributed by atoms with Gasteiger partial charge >= 0.3 is 0 Å². The quantitative estimate of drug-likeness (QED) is 0.839. The predicted octanol–water partition coefficient (Wildman–Crippen LogP) is 3.39. The molecule has 2 rings (SSSR count). The maximum atomic E-state index is 5.83. The minimum Gasteiger partial charge on any atom is -0.365 e. The second-order valence-corrected chi connectivity index (χ2v) is 3.92. The van der Waals surface area contributed by atoms with Crippen molar-refractivity contribution in [1.29, 1.82) is 0 Å². The van der Waals surface area contributed by atoms with Crippen LogP contribution in [0.4, 0.5) is 5.82 Å². The predicted molar refractivity (Wildman–Crippen MR) is 71.2 cm³/mol. The molecule has 0 aliphatic heterocycles. The van der Waals surface area contributed by atoms with E-state index in [-0.39, 0.29) is 0 Å². The molecule has 0 saturated heterocycles. The average molecular weight is 246 g/mol. The molecule has 1 aromatic carbocycles. The lowest BCUT2D eigenvalue weighted by atomic mass is 10.1. The Morgan fingerprint density at radius 2 is 1.88 bits per heavy atom. The van der Waals surface area contributed by atoms with Crippen molar-refractivity contribution in [2.45, 2.75) is 0 Å². The van der Waals surface area contributed by atoms with Crippen LogP contribution in [0.2, 0.25) is 5.02 Å². The number of nitrogens with zero attached hydrogens (tertiary/aromatic N) is 2. The monoisotopic (exact) mass is 245 g/mol. The van der Waals surface area contributed by atoms with Crippen LogP contribution in [0.3, 0.4) is 0 Å². The molecule has 0 atom stereocenters. The lowest BCUT2D eigenvalue weighted by molar-refractivity contribution is 1.03. The van der Waals surface area contributed by atoms with Crippen LogP contribution in [0.25, 0.3) is 11.3 Å². The molecular formula is C13H12ClN3. The van der Waals surface area contributed by atoms with Gasteiger partial charge in [0, 0.05) is 17.1 Å². The van der Waals surface area contributed by atoms with E-state index >= 15 is 0 Å². The fourth-order valence-electron chi connectivity index (χ4n) is 1.38. The van der Waals surface area contributed by atoms with E-state index in [1.807, 2.05) is 36.4 Å². The zero-order chi connectivity index (χ0) is 12.1. The molecular weight excluding hydrogens is 234 g/mol.